The van der Waals surface area contributed by atoms with E-state index in [1.165, 1.54) is 0 Å². The fourth-order valence-corrected chi connectivity index (χ4v) is 1.85. The predicted octanol–water partition coefficient (Wildman–Crippen LogP) is 2.09. The molecule has 2 rings (SSSR count). The Hall–Kier alpha value is -1.16. The normalized spacial score (nSPS) is 21.4. The highest BCUT2D eigenvalue weighted by atomic mass is 19.1. The standard InChI is InChI=1S/C10H11F2NO/c11-6-4-7(12)10(9(14)5-6)8-2-1-3-13-8/h4-5,8,13-14H,1-3H2. The van der Waals surface area contributed by atoms with Crippen LogP contribution in [0.1, 0.15) is 24.4 Å². The van der Waals surface area contributed by atoms with Crippen LogP contribution in [0.5, 0.6) is 5.75 Å². The van der Waals surface area contributed by atoms with Gasteiger partial charge in [0.2, 0.25) is 0 Å². The number of phenols is 1. The second kappa shape index (κ2) is 3.53. The molecule has 1 fully saturated rings. The van der Waals surface area contributed by atoms with Gasteiger partial charge in [-0.3, -0.25) is 0 Å². The molecule has 76 valence electrons. The van der Waals surface area contributed by atoms with E-state index >= 15 is 0 Å². The zero-order valence-electron chi connectivity index (χ0n) is 7.56. The largest absolute Gasteiger partial charge is 0.507 e. The number of nitrogens with one attached hydrogen (secondary N) is 1. The Morgan fingerprint density at radius 2 is 2.14 bits per heavy atom. The number of hydrogen-bond donors (Lipinski definition) is 2. The first-order valence-corrected chi connectivity index (χ1v) is 4.60. The lowest BCUT2D eigenvalue weighted by Crippen LogP contribution is -2.14. The van der Waals surface area contributed by atoms with Crippen LogP contribution in [-0.4, -0.2) is 11.7 Å². The number of aromatic hydroxyl groups is 1. The third kappa shape index (κ3) is 1.57. The van der Waals surface area contributed by atoms with Crippen LogP contribution in [0.25, 0.3) is 0 Å². The Morgan fingerprint density at radius 1 is 1.36 bits per heavy atom. The van der Waals surface area contributed by atoms with Gasteiger partial charge >= 0.3 is 0 Å². The first-order chi connectivity index (χ1) is 6.68. The van der Waals surface area contributed by atoms with Crippen LogP contribution in [0.15, 0.2) is 12.1 Å². The van der Waals surface area contributed by atoms with Crippen molar-refractivity contribution < 1.29 is 13.9 Å². The monoisotopic (exact) mass is 199 g/mol. The van der Waals surface area contributed by atoms with Crippen molar-refractivity contribution in [3.05, 3.63) is 29.3 Å². The summed E-state index contributed by atoms with van der Waals surface area (Å²) in [6, 6.07) is 1.56. The first-order valence-electron chi connectivity index (χ1n) is 4.60. The molecule has 0 aliphatic carbocycles. The summed E-state index contributed by atoms with van der Waals surface area (Å²) in [7, 11) is 0. The van der Waals surface area contributed by atoms with Crippen LogP contribution >= 0.6 is 0 Å². The molecule has 0 radical (unpaired) electrons. The van der Waals surface area contributed by atoms with Crippen molar-refractivity contribution in [2.45, 2.75) is 18.9 Å². The highest BCUT2D eigenvalue weighted by Gasteiger charge is 2.23. The van der Waals surface area contributed by atoms with Gasteiger partial charge in [-0.2, -0.15) is 0 Å². The molecule has 1 aliphatic rings. The van der Waals surface area contributed by atoms with Gasteiger partial charge in [-0.1, -0.05) is 0 Å². The van der Waals surface area contributed by atoms with E-state index in [0.717, 1.165) is 31.5 Å². The van der Waals surface area contributed by atoms with Crippen molar-refractivity contribution in [1.82, 2.24) is 5.32 Å². The van der Waals surface area contributed by atoms with E-state index in [9.17, 15) is 13.9 Å². The van der Waals surface area contributed by atoms with E-state index in [-0.39, 0.29) is 17.4 Å². The second-order valence-electron chi connectivity index (χ2n) is 3.47. The third-order valence-corrected chi connectivity index (χ3v) is 2.48. The van der Waals surface area contributed by atoms with Crippen LogP contribution in [0, 0.1) is 11.6 Å². The lowest BCUT2D eigenvalue weighted by atomic mass is 10.0. The van der Waals surface area contributed by atoms with Gasteiger partial charge in [-0.15, -0.1) is 0 Å². The van der Waals surface area contributed by atoms with Crippen LogP contribution in [0.3, 0.4) is 0 Å². The molecule has 0 bridgehead atoms. The molecule has 4 heteroatoms. The van der Waals surface area contributed by atoms with E-state index < -0.39 is 11.6 Å². The minimum Gasteiger partial charge on any atom is -0.507 e. The lowest BCUT2D eigenvalue weighted by molar-refractivity contribution is 0.434. The second-order valence-corrected chi connectivity index (χ2v) is 3.47. The van der Waals surface area contributed by atoms with Crippen molar-refractivity contribution in [2.24, 2.45) is 0 Å². The average Bonchev–Trinajstić information content (AvgIpc) is 2.54. The maximum atomic E-state index is 13.3. The molecule has 14 heavy (non-hydrogen) atoms. The van der Waals surface area contributed by atoms with Gasteiger partial charge in [-0.05, 0) is 19.4 Å². The Kier molecular flexibility index (Phi) is 2.37. The summed E-state index contributed by atoms with van der Waals surface area (Å²) < 4.78 is 26.0. The number of phenolic OH excluding ortho intramolecular Hbond substituents is 1. The molecule has 0 aromatic heterocycles. The van der Waals surface area contributed by atoms with Crippen LogP contribution in [0.2, 0.25) is 0 Å². The van der Waals surface area contributed by atoms with E-state index in [1.807, 2.05) is 0 Å². The van der Waals surface area contributed by atoms with Crippen molar-refractivity contribution in [2.75, 3.05) is 6.54 Å². The van der Waals surface area contributed by atoms with E-state index in [1.54, 1.807) is 0 Å². The van der Waals surface area contributed by atoms with Gasteiger partial charge in [-0.25, -0.2) is 8.78 Å². The average molecular weight is 199 g/mol. The van der Waals surface area contributed by atoms with Crippen molar-refractivity contribution >= 4 is 0 Å². The molecule has 1 aromatic rings. The maximum Gasteiger partial charge on any atom is 0.134 e. The number of halogens is 2. The number of rotatable bonds is 1. The van der Waals surface area contributed by atoms with Crippen molar-refractivity contribution in [3.8, 4) is 5.75 Å². The maximum absolute atomic E-state index is 13.3. The van der Waals surface area contributed by atoms with E-state index in [2.05, 4.69) is 5.32 Å². The molecular formula is C10H11F2NO. The van der Waals surface area contributed by atoms with Gasteiger partial charge in [0, 0.05) is 23.7 Å². The summed E-state index contributed by atoms with van der Waals surface area (Å²) in [5.41, 5.74) is 0.184. The number of benzene rings is 1. The molecule has 1 aromatic carbocycles. The Balaban J connectivity index is 2.40. The predicted molar refractivity (Wildman–Crippen MR) is 48.0 cm³/mol. The minimum atomic E-state index is -0.748. The molecule has 1 unspecified atom stereocenters. The molecule has 0 spiro atoms. The first kappa shape index (κ1) is 9.40. The van der Waals surface area contributed by atoms with E-state index in [0.29, 0.717) is 0 Å². The van der Waals surface area contributed by atoms with Gasteiger partial charge in [0.1, 0.15) is 17.4 Å². The Morgan fingerprint density at radius 3 is 2.71 bits per heavy atom. The Bertz CT molecular complexity index is 325. The molecule has 1 atom stereocenters. The minimum absolute atomic E-state index is 0.184. The fourth-order valence-electron chi connectivity index (χ4n) is 1.85. The molecular weight excluding hydrogens is 188 g/mol. The van der Waals surface area contributed by atoms with Crippen molar-refractivity contribution in [3.63, 3.8) is 0 Å². The smallest absolute Gasteiger partial charge is 0.134 e. The van der Waals surface area contributed by atoms with Gasteiger partial charge in [0.05, 0.1) is 0 Å². The molecule has 0 saturated carbocycles. The zero-order chi connectivity index (χ0) is 10.1. The Labute approximate surface area is 80.6 Å². The molecule has 2 nitrogen and oxygen atoms in total. The topological polar surface area (TPSA) is 32.3 Å². The quantitative estimate of drug-likeness (QED) is 0.725. The summed E-state index contributed by atoms with van der Waals surface area (Å²) in [5.74, 6) is -1.73. The molecule has 0 amide bonds. The summed E-state index contributed by atoms with van der Waals surface area (Å²) in [4.78, 5) is 0. The van der Waals surface area contributed by atoms with Gasteiger partial charge in [0.25, 0.3) is 0 Å². The summed E-state index contributed by atoms with van der Waals surface area (Å²) in [5, 5.41) is 12.5. The zero-order valence-corrected chi connectivity index (χ0v) is 7.56. The van der Waals surface area contributed by atoms with Gasteiger partial charge in [0.15, 0.2) is 0 Å². The lowest BCUT2D eigenvalue weighted by Gasteiger charge is -2.13. The molecule has 1 saturated heterocycles. The number of hydrogen-bond acceptors (Lipinski definition) is 2. The van der Waals surface area contributed by atoms with Crippen molar-refractivity contribution in [1.29, 1.82) is 0 Å². The summed E-state index contributed by atoms with van der Waals surface area (Å²) >= 11 is 0. The highest BCUT2D eigenvalue weighted by Crippen LogP contribution is 2.32. The van der Waals surface area contributed by atoms with Gasteiger partial charge < -0.3 is 10.4 Å². The van der Waals surface area contributed by atoms with E-state index in [4.69, 9.17) is 0 Å². The fraction of sp³-hybridized carbons (Fsp3) is 0.400. The third-order valence-electron chi connectivity index (χ3n) is 2.48. The molecule has 1 heterocycles. The summed E-state index contributed by atoms with van der Waals surface area (Å²) in [6.45, 7) is 0.806. The summed E-state index contributed by atoms with van der Waals surface area (Å²) in [6.07, 6.45) is 1.72. The SMILES string of the molecule is Oc1cc(F)cc(F)c1C1CCCN1. The molecule has 1 aliphatic heterocycles. The van der Waals surface area contributed by atoms with Crippen LogP contribution < -0.4 is 5.32 Å². The van der Waals surface area contributed by atoms with Crippen LogP contribution in [-0.2, 0) is 0 Å². The highest BCUT2D eigenvalue weighted by molar-refractivity contribution is 5.37. The van der Waals surface area contributed by atoms with Crippen LogP contribution in [0.4, 0.5) is 8.78 Å². The molecule has 2 N–H and O–H groups in total.